The predicted octanol–water partition coefficient (Wildman–Crippen LogP) is 2.08. The summed E-state index contributed by atoms with van der Waals surface area (Å²) < 4.78 is 0.623. The lowest BCUT2D eigenvalue weighted by atomic mass is 10.3. The summed E-state index contributed by atoms with van der Waals surface area (Å²) in [6.07, 6.45) is 3.43. The van der Waals surface area contributed by atoms with E-state index in [2.05, 4.69) is 42.1 Å². The van der Waals surface area contributed by atoms with Gasteiger partial charge in [0.25, 0.3) is 0 Å². The second-order valence-corrected chi connectivity index (χ2v) is 5.70. The van der Waals surface area contributed by atoms with Crippen LogP contribution in [0.4, 0.5) is 4.79 Å². The monoisotopic (exact) mass is 371 g/mol. The van der Waals surface area contributed by atoms with Crippen LogP contribution in [0.5, 0.6) is 0 Å². The highest BCUT2D eigenvalue weighted by atomic mass is 79.9. The lowest BCUT2D eigenvalue weighted by Gasteiger charge is -2.07. The van der Waals surface area contributed by atoms with Crippen LogP contribution in [0.3, 0.4) is 0 Å². The summed E-state index contributed by atoms with van der Waals surface area (Å²) >= 11 is 9.98. The van der Waals surface area contributed by atoms with E-state index < -0.39 is 0 Å². The van der Waals surface area contributed by atoms with Crippen molar-refractivity contribution in [3.05, 3.63) is 34.0 Å². The largest absolute Gasteiger partial charge is 0.340 e. The number of urea groups is 1. The number of carbonyl (C=O) groups is 1. The van der Waals surface area contributed by atoms with Gasteiger partial charge in [-0.2, -0.15) is 0 Å². The number of hydrazine groups is 1. The standard InChI is InChI=1S/C11H10BrN5OS2/c1-13-11(18)17-16-9(19)7-8(12)15-10(20-7)6-3-2-4-14-5-6/h2-5H,1H3,(H,16,19)(H2,13,17,18). The van der Waals surface area contributed by atoms with Crippen molar-refractivity contribution < 1.29 is 4.79 Å². The van der Waals surface area contributed by atoms with Gasteiger partial charge in [-0.3, -0.25) is 15.8 Å². The highest BCUT2D eigenvalue weighted by Crippen LogP contribution is 2.30. The first-order chi connectivity index (χ1) is 9.61. The molecule has 9 heteroatoms. The molecule has 104 valence electrons. The Morgan fingerprint density at radius 1 is 1.45 bits per heavy atom. The van der Waals surface area contributed by atoms with Crippen LogP contribution in [0.1, 0.15) is 4.88 Å². The van der Waals surface area contributed by atoms with Gasteiger partial charge in [-0.05, 0) is 28.1 Å². The van der Waals surface area contributed by atoms with Crippen LogP contribution >= 0.6 is 39.5 Å². The maximum absolute atomic E-state index is 11.1. The number of halogens is 1. The normalized spacial score (nSPS) is 9.90. The number of hydrogen-bond acceptors (Lipinski definition) is 5. The average Bonchev–Trinajstić information content (AvgIpc) is 2.87. The Morgan fingerprint density at radius 2 is 2.25 bits per heavy atom. The van der Waals surface area contributed by atoms with Gasteiger partial charge < -0.3 is 5.32 Å². The summed E-state index contributed by atoms with van der Waals surface area (Å²) in [5.74, 6) is 0. The third-order valence-corrected chi connectivity index (χ3v) is 4.61. The number of pyridine rings is 1. The zero-order valence-corrected chi connectivity index (χ0v) is 13.5. The van der Waals surface area contributed by atoms with Gasteiger partial charge in [0.2, 0.25) is 0 Å². The van der Waals surface area contributed by atoms with E-state index in [1.165, 1.54) is 18.4 Å². The lowest BCUT2D eigenvalue weighted by molar-refractivity contribution is 0.241. The molecule has 3 N–H and O–H groups in total. The molecule has 2 heterocycles. The van der Waals surface area contributed by atoms with Crippen LogP contribution in [0.25, 0.3) is 10.6 Å². The number of nitrogens with zero attached hydrogens (tertiary/aromatic N) is 2. The van der Waals surface area contributed by atoms with E-state index in [0.29, 0.717) is 9.59 Å². The summed E-state index contributed by atoms with van der Waals surface area (Å²) in [4.78, 5) is 20.6. The average molecular weight is 372 g/mol. The zero-order chi connectivity index (χ0) is 14.5. The molecule has 0 aromatic carbocycles. The highest BCUT2D eigenvalue weighted by Gasteiger charge is 2.14. The van der Waals surface area contributed by atoms with Crippen LogP contribution in [-0.2, 0) is 0 Å². The number of carbonyl (C=O) groups excluding carboxylic acids is 1. The minimum atomic E-state index is -0.375. The van der Waals surface area contributed by atoms with Gasteiger partial charge in [-0.15, -0.1) is 11.3 Å². The molecule has 0 atom stereocenters. The van der Waals surface area contributed by atoms with E-state index in [0.717, 1.165) is 15.4 Å². The molecule has 0 unspecified atom stereocenters. The van der Waals surface area contributed by atoms with Gasteiger partial charge in [0, 0.05) is 25.0 Å². The van der Waals surface area contributed by atoms with E-state index in [-0.39, 0.29) is 6.03 Å². The van der Waals surface area contributed by atoms with Crippen molar-refractivity contribution >= 4 is 50.5 Å². The molecule has 6 nitrogen and oxygen atoms in total. The summed E-state index contributed by atoms with van der Waals surface area (Å²) in [7, 11) is 1.52. The van der Waals surface area contributed by atoms with Gasteiger partial charge >= 0.3 is 6.03 Å². The second-order valence-electron chi connectivity index (χ2n) is 3.54. The van der Waals surface area contributed by atoms with Gasteiger partial charge in [-0.1, -0.05) is 12.2 Å². The first-order valence-corrected chi connectivity index (χ1v) is 7.48. The van der Waals surface area contributed by atoms with Crippen molar-refractivity contribution in [2.75, 3.05) is 7.05 Å². The number of thiocarbonyl (C=S) groups is 1. The third kappa shape index (κ3) is 3.50. The van der Waals surface area contributed by atoms with E-state index in [1.54, 1.807) is 12.4 Å². The van der Waals surface area contributed by atoms with Crippen molar-refractivity contribution in [3.8, 4) is 10.6 Å². The molecule has 2 amide bonds. The van der Waals surface area contributed by atoms with Crippen LogP contribution in [0.15, 0.2) is 29.1 Å². The molecule has 0 spiro atoms. The Labute approximate surface area is 133 Å². The van der Waals surface area contributed by atoms with Crippen LogP contribution in [-0.4, -0.2) is 28.0 Å². The van der Waals surface area contributed by atoms with Crippen molar-refractivity contribution in [1.82, 2.24) is 26.1 Å². The van der Waals surface area contributed by atoms with Crippen molar-refractivity contribution in [1.29, 1.82) is 0 Å². The second kappa shape index (κ2) is 6.73. The SMILES string of the molecule is CNC(=O)NNC(=S)c1sc(-c2cccnc2)nc1Br. The van der Waals surface area contributed by atoms with Crippen LogP contribution in [0.2, 0.25) is 0 Å². The van der Waals surface area contributed by atoms with E-state index >= 15 is 0 Å². The molecule has 0 aliphatic heterocycles. The molecule has 0 saturated carbocycles. The van der Waals surface area contributed by atoms with Gasteiger partial charge in [-0.25, -0.2) is 9.78 Å². The molecule has 0 saturated heterocycles. The summed E-state index contributed by atoms with van der Waals surface area (Å²) in [5.41, 5.74) is 5.97. The fourth-order valence-corrected chi connectivity index (χ4v) is 3.27. The molecule has 0 aliphatic rings. The van der Waals surface area contributed by atoms with Crippen molar-refractivity contribution in [2.24, 2.45) is 0 Å². The molecule has 2 rings (SSSR count). The van der Waals surface area contributed by atoms with Crippen LogP contribution in [0, 0.1) is 0 Å². The number of amides is 2. The molecule has 0 aliphatic carbocycles. The predicted molar refractivity (Wildman–Crippen MR) is 85.5 cm³/mol. The summed E-state index contributed by atoms with van der Waals surface area (Å²) in [6, 6.07) is 3.38. The fraction of sp³-hybridized carbons (Fsp3) is 0.0909. The Hall–Kier alpha value is -1.58. The van der Waals surface area contributed by atoms with Crippen LogP contribution < -0.4 is 16.2 Å². The molecule has 2 aromatic rings. The molecule has 0 radical (unpaired) electrons. The first-order valence-electron chi connectivity index (χ1n) is 5.46. The maximum atomic E-state index is 11.1. The van der Waals surface area contributed by atoms with Gasteiger partial charge in [0.1, 0.15) is 14.6 Å². The number of hydrogen-bond donors (Lipinski definition) is 3. The lowest BCUT2D eigenvalue weighted by Crippen LogP contribution is -2.45. The number of nitrogens with one attached hydrogen (secondary N) is 3. The third-order valence-electron chi connectivity index (χ3n) is 2.22. The number of thiazole rings is 1. The molecule has 2 aromatic heterocycles. The summed E-state index contributed by atoms with van der Waals surface area (Å²) in [5, 5.41) is 3.21. The molecular formula is C11H10BrN5OS2. The molecule has 20 heavy (non-hydrogen) atoms. The van der Waals surface area contributed by atoms with E-state index in [4.69, 9.17) is 12.2 Å². The Kier molecular flexibility index (Phi) is 4.99. The Balaban J connectivity index is 2.15. The van der Waals surface area contributed by atoms with E-state index in [9.17, 15) is 4.79 Å². The zero-order valence-electron chi connectivity index (χ0n) is 10.3. The molecular weight excluding hydrogens is 362 g/mol. The van der Waals surface area contributed by atoms with Gasteiger partial charge in [0.05, 0.1) is 4.88 Å². The Morgan fingerprint density at radius 3 is 2.90 bits per heavy atom. The first kappa shape index (κ1) is 14.8. The number of aromatic nitrogens is 2. The minimum absolute atomic E-state index is 0.375. The molecule has 0 fully saturated rings. The minimum Gasteiger partial charge on any atom is -0.340 e. The Bertz CT molecular complexity index is 631. The topological polar surface area (TPSA) is 78.9 Å². The maximum Gasteiger partial charge on any atom is 0.333 e. The summed E-state index contributed by atoms with van der Waals surface area (Å²) in [6.45, 7) is 0. The highest BCUT2D eigenvalue weighted by molar-refractivity contribution is 9.10. The van der Waals surface area contributed by atoms with Crippen molar-refractivity contribution in [3.63, 3.8) is 0 Å². The fourth-order valence-electron chi connectivity index (χ4n) is 1.29. The molecule has 0 bridgehead atoms. The number of rotatable bonds is 2. The van der Waals surface area contributed by atoms with Gasteiger partial charge in [0.15, 0.2) is 0 Å². The quantitative estimate of drug-likeness (QED) is 0.556. The van der Waals surface area contributed by atoms with E-state index in [1.807, 2.05) is 12.1 Å². The smallest absolute Gasteiger partial charge is 0.333 e. The van der Waals surface area contributed by atoms with Crippen molar-refractivity contribution in [2.45, 2.75) is 0 Å².